The Kier molecular flexibility index (Phi) is 5.16. The van der Waals surface area contributed by atoms with Crippen LogP contribution in [0.2, 0.25) is 0 Å². The first-order valence-electron chi connectivity index (χ1n) is 7.81. The van der Waals surface area contributed by atoms with Crippen molar-refractivity contribution in [2.45, 2.75) is 6.92 Å². The molecule has 0 aliphatic carbocycles. The van der Waals surface area contributed by atoms with Gasteiger partial charge in [-0.15, -0.1) is 0 Å². The molecule has 1 heterocycles. The highest BCUT2D eigenvalue weighted by molar-refractivity contribution is 6.05. The van der Waals surface area contributed by atoms with Crippen LogP contribution in [-0.2, 0) is 0 Å². The lowest BCUT2D eigenvalue weighted by Gasteiger charge is -2.03. The number of carbonyl (C=O) groups excluding carboxylic acids is 1. The molecule has 1 N–H and O–H groups in total. The summed E-state index contributed by atoms with van der Waals surface area (Å²) in [4.78, 5) is 16.5. The number of hydrogen-bond donors (Lipinski definition) is 1. The average molecular weight is 331 g/mol. The van der Waals surface area contributed by atoms with Gasteiger partial charge in [0.2, 0.25) is 0 Å². The Morgan fingerprint density at radius 1 is 0.920 bits per heavy atom. The van der Waals surface area contributed by atoms with E-state index in [1.807, 2.05) is 55.5 Å². The molecule has 5 heteroatoms. The van der Waals surface area contributed by atoms with Crippen LogP contribution in [0.4, 0.5) is 0 Å². The van der Waals surface area contributed by atoms with Crippen molar-refractivity contribution in [1.29, 1.82) is 0 Å². The van der Waals surface area contributed by atoms with Crippen LogP contribution in [-0.4, -0.2) is 18.0 Å². The van der Waals surface area contributed by atoms with Gasteiger partial charge in [-0.25, -0.2) is 10.4 Å². The predicted octanol–water partition coefficient (Wildman–Crippen LogP) is 3.80. The van der Waals surface area contributed by atoms with Crippen molar-refractivity contribution in [3.05, 3.63) is 95.4 Å². The third kappa shape index (κ3) is 4.51. The summed E-state index contributed by atoms with van der Waals surface area (Å²) in [6.07, 6.45) is 1.58. The Balaban J connectivity index is 1.83. The van der Waals surface area contributed by atoms with Gasteiger partial charge in [0.15, 0.2) is 5.84 Å². The summed E-state index contributed by atoms with van der Waals surface area (Å²) in [7, 11) is 0. The normalized spacial score (nSPS) is 11.6. The van der Waals surface area contributed by atoms with Crippen LogP contribution in [0.5, 0.6) is 0 Å². The monoisotopic (exact) mass is 331 g/mol. The number of hydrogen-bond acceptors (Lipinski definition) is 3. The van der Waals surface area contributed by atoms with E-state index in [0.29, 0.717) is 17.2 Å². The van der Waals surface area contributed by atoms with Gasteiger partial charge >= 0.3 is 0 Å². The lowest BCUT2D eigenvalue weighted by Crippen LogP contribution is -2.19. The van der Waals surface area contributed by atoms with Crippen molar-refractivity contribution in [1.82, 2.24) is 5.43 Å². The molecule has 0 saturated heterocycles. The van der Waals surface area contributed by atoms with Gasteiger partial charge in [-0.2, -0.15) is 5.10 Å². The summed E-state index contributed by atoms with van der Waals surface area (Å²) in [5, 5.41) is 4.17. The molecule has 2 aromatic carbocycles. The van der Waals surface area contributed by atoms with Crippen molar-refractivity contribution < 1.29 is 9.21 Å². The number of furan rings is 1. The number of aryl methyl sites for hydroxylation is 1. The smallest absolute Gasteiger partial charge is 0.271 e. The second-order valence-electron chi connectivity index (χ2n) is 5.32. The summed E-state index contributed by atoms with van der Waals surface area (Å²) in [5.41, 5.74) is 3.86. The molecule has 0 unspecified atom stereocenters. The second kappa shape index (κ2) is 7.88. The van der Waals surface area contributed by atoms with E-state index in [4.69, 9.17) is 4.42 Å². The fourth-order valence-electron chi connectivity index (χ4n) is 2.16. The first-order chi connectivity index (χ1) is 12.2. The zero-order valence-corrected chi connectivity index (χ0v) is 13.7. The van der Waals surface area contributed by atoms with Crippen molar-refractivity contribution in [2.75, 3.05) is 0 Å². The number of carbonyl (C=O) groups is 1. The number of amides is 1. The van der Waals surface area contributed by atoms with Gasteiger partial charge in [-0.05, 0) is 31.2 Å². The molecular formula is C20H17N3O2. The SMILES string of the molecule is Cc1ccc(C=N/C(=N\NC(=O)c2ccccc2)c2ccccc2)o1. The van der Waals surface area contributed by atoms with Crippen molar-refractivity contribution in [3.63, 3.8) is 0 Å². The molecule has 25 heavy (non-hydrogen) atoms. The molecule has 3 aromatic rings. The Hall–Kier alpha value is -3.47. The van der Waals surface area contributed by atoms with E-state index >= 15 is 0 Å². The molecule has 0 aliphatic heterocycles. The van der Waals surface area contributed by atoms with Crippen LogP contribution >= 0.6 is 0 Å². The van der Waals surface area contributed by atoms with E-state index in [0.717, 1.165) is 11.3 Å². The van der Waals surface area contributed by atoms with Crippen LogP contribution in [0.25, 0.3) is 0 Å². The molecule has 0 spiro atoms. The van der Waals surface area contributed by atoms with Gasteiger partial charge in [-0.3, -0.25) is 4.79 Å². The van der Waals surface area contributed by atoms with Gasteiger partial charge in [0, 0.05) is 11.1 Å². The maximum Gasteiger partial charge on any atom is 0.271 e. The Labute approximate surface area is 145 Å². The van der Waals surface area contributed by atoms with Crippen molar-refractivity contribution in [2.24, 2.45) is 10.1 Å². The van der Waals surface area contributed by atoms with Crippen LogP contribution in [0.3, 0.4) is 0 Å². The quantitative estimate of drug-likeness (QED) is 0.449. The van der Waals surface area contributed by atoms with E-state index in [2.05, 4.69) is 15.5 Å². The number of amidine groups is 1. The van der Waals surface area contributed by atoms with Gasteiger partial charge < -0.3 is 4.42 Å². The molecule has 1 aromatic heterocycles. The van der Waals surface area contributed by atoms with E-state index < -0.39 is 0 Å². The fraction of sp³-hybridized carbons (Fsp3) is 0.0500. The summed E-state index contributed by atoms with van der Waals surface area (Å²) in [6, 6.07) is 22.0. The van der Waals surface area contributed by atoms with E-state index in [-0.39, 0.29) is 5.91 Å². The molecule has 5 nitrogen and oxygen atoms in total. The largest absolute Gasteiger partial charge is 0.460 e. The lowest BCUT2D eigenvalue weighted by molar-refractivity contribution is 0.0955. The number of nitrogens with zero attached hydrogens (tertiary/aromatic N) is 2. The first kappa shape index (κ1) is 16.4. The molecule has 0 aliphatic rings. The minimum atomic E-state index is -0.293. The van der Waals surface area contributed by atoms with E-state index in [9.17, 15) is 4.79 Å². The van der Waals surface area contributed by atoms with Crippen molar-refractivity contribution in [3.8, 4) is 0 Å². The summed E-state index contributed by atoms with van der Waals surface area (Å²) >= 11 is 0. The standard InChI is InChI=1S/C20H17N3O2/c1-15-12-13-18(25-15)14-21-19(16-8-4-2-5-9-16)22-23-20(24)17-10-6-3-7-11-17/h2-14H,1H3,(H,23,24)/b21-14?,22-19-. The highest BCUT2D eigenvalue weighted by Crippen LogP contribution is 2.06. The fourth-order valence-corrected chi connectivity index (χ4v) is 2.16. The maximum absolute atomic E-state index is 12.2. The molecule has 0 saturated carbocycles. The van der Waals surface area contributed by atoms with Crippen LogP contribution in [0, 0.1) is 6.92 Å². The zero-order valence-electron chi connectivity index (χ0n) is 13.7. The minimum Gasteiger partial charge on any atom is -0.460 e. The number of rotatable bonds is 4. The minimum absolute atomic E-state index is 0.293. The van der Waals surface area contributed by atoms with Gasteiger partial charge in [-0.1, -0.05) is 48.5 Å². The highest BCUT2D eigenvalue weighted by atomic mass is 16.3. The van der Waals surface area contributed by atoms with Crippen LogP contribution in [0.1, 0.15) is 27.4 Å². The third-order valence-corrected chi connectivity index (χ3v) is 3.41. The summed E-state index contributed by atoms with van der Waals surface area (Å²) in [5.74, 6) is 1.52. The Morgan fingerprint density at radius 3 is 2.16 bits per heavy atom. The van der Waals surface area contributed by atoms with Crippen LogP contribution < -0.4 is 5.43 Å². The van der Waals surface area contributed by atoms with Crippen molar-refractivity contribution >= 4 is 18.0 Å². The van der Waals surface area contributed by atoms with Crippen LogP contribution in [0.15, 0.2) is 87.3 Å². The highest BCUT2D eigenvalue weighted by Gasteiger charge is 2.06. The number of hydrazone groups is 1. The van der Waals surface area contributed by atoms with E-state index in [1.165, 1.54) is 0 Å². The topological polar surface area (TPSA) is 67.0 Å². The molecule has 1 amide bonds. The Morgan fingerprint density at radius 2 is 1.56 bits per heavy atom. The molecular weight excluding hydrogens is 314 g/mol. The average Bonchev–Trinajstić information content (AvgIpc) is 3.08. The summed E-state index contributed by atoms with van der Waals surface area (Å²) < 4.78 is 5.47. The number of nitrogens with one attached hydrogen (secondary N) is 1. The van der Waals surface area contributed by atoms with Gasteiger partial charge in [0.25, 0.3) is 5.91 Å². The lowest BCUT2D eigenvalue weighted by atomic mass is 10.2. The second-order valence-corrected chi connectivity index (χ2v) is 5.32. The molecule has 0 radical (unpaired) electrons. The molecule has 0 bridgehead atoms. The number of aliphatic imine (C=N–C) groups is 1. The predicted molar refractivity (Wildman–Crippen MR) is 97.9 cm³/mol. The first-order valence-corrected chi connectivity index (χ1v) is 7.81. The van der Waals surface area contributed by atoms with Gasteiger partial charge in [0.05, 0.1) is 6.21 Å². The molecule has 0 fully saturated rings. The number of benzene rings is 2. The molecule has 3 rings (SSSR count). The Bertz CT molecular complexity index is 897. The van der Waals surface area contributed by atoms with Gasteiger partial charge in [0.1, 0.15) is 11.5 Å². The maximum atomic E-state index is 12.2. The molecule has 124 valence electrons. The zero-order chi connectivity index (χ0) is 17.5. The molecule has 0 atom stereocenters. The van der Waals surface area contributed by atoms with E-state index in [1.54, 1.807) is 30.5 Å². The summed E-state index contributed by atoms with van der Waals surface area (Å²) in [6.45, 7) is 1.86. The third-order valence-electron chi connectivity index (χ3n) is 3.41.